The molecule has 0 N–H and O–H groups in total. The number of rotatable bonds is 5. The molecule has 1 unspecified atom stereocenters. The molecule has 0 amide bonds. The molecule has 2 aromatic rings. The third-order valence-electron chi connectivity index (χ3n) is 4.33. The predicted octanol–water partition coefficient (Wildman–Crippen LogP) is 3.86. The summed E-state index contributed by atoms with van der Waals surface area (Å²) in [6, 6.07) is 12.0. The minimum atomic E-state index is -0.742. The van der Waals surface area contributed by atoms with Crippen molar-refractivity contribution in [3.05, 3.63) is 75.2 Å². The first kappa shape index (κ1) is 17.5. The largest absolute Gasteiger partial charge is 0.488 e. The Morgan fingerprint density at radius 1 is 1.27 bits per heavy atom. The average molecular weight is 351 g/mol. The fourth-order valence-corrected chi connectivity index (χ4v) is 3.06. The van der Waals surface area contributed by atoms with Crippen LogP contribution in [0.1, 0.15) is 38.3 Å². The van der Waals surface area contributed by atoms with Gasteiger partial charge in [-0.15, -0.1) is 0 Å². The van der Waals surface area contributed by atoms with Gasteiger partial charge in [0.2, 0.25) is 0 Å². The summed E-state index contributed by atoms with van der Waals surface area (Å²) in [7, 11) is 1.29. The summed E-state index contributed by atoms with van der Waals surface area (Å²) in [4.78, 5) is 27.6. The van der Waals surface area contributed by atoms with E-state index in [1.807, 2.05) is 30.3 Å². The fraction of sp³-hybridized carbons (Fsp3) is 0.263. The topological polar surface area (TPSA) is 101 Å². The zero-order valence-electron chi connectivity index (χ0n) is 14.2. The zero-order valence-corrected chi connectivity index (χ0v) is 14.2. The molecule has 0 spiro atoms. The minimum Gasteiger partial charge on any atom is -0.488 e. The van der Waals surface area contributed by atoms with Gasteiger partial charge in [0.25, 0.3) is 0 Å². The van der Waals surface area contributed by atoms with Crippen molar-refractivity contribution in [2.24, 2.45) is 5.11 Å². The number of benzene rings is 2. The van der Waals surface area contributed by atoms with E-state index in [9.17, 15) is 9.59 Å². The first-order valence-electron chi connectivity index (χ1n) is 8.15. The van der Waals surface area contributed by atoms with E-state index >= 15 is 0 Å². The summed E-state index contributed by atoms with van der Waals surface area (Å²) >= 11 is 0. The third kappa shape index (κ3) is 3.38. The highest BCUT2D eigenvalue weighted by atomic mass is 16.5. The third-order valence-corrected chi connectivity index (χ3v) is 4.33. The molecule has 7 heteroatoms. The number of carbonyl (C=O) groups excluding carboxylic acids is 2. The van der Waals surface area contributed by atoms with Gasteiger partial charge in [0, 0.05) is 10.5 Å². The highest BCUT2D eigenvalue weighted by Gasteiger charge is 2.32. The summed E-state index contributed by atoms with van der Waals surface area (Å²) < 4.78 is 10.7. The number of hydrogen-bond donors (Lipinski definition) is 0. The second-order valence-electron chi connectivity index (χ2n) is 5.85. The van der Waals surface area contributed by atoms with Crippen LogP contribution in [0.3, 0.4) is 0 Å². The predicted molar refractivity (Wildman–Crippen MR) is 94.1 cm³/mol. The molecule has 132 valence electrons. The van der Waals surface area contributed by atoms with E-state index in [1.54, 1.807) is 12.1 Å². The summed E-state index contributed by atoms with van der Waals surface area (Å²) in [5.41, 5.74) is 10.8. The van der Waals surface area contributed by atoms with Crippen molar-refractivity contribution in [2.75, 3.05) is 7.11 Å². The molecule has 0 fully saturated rings. The first-order valence-corrected chi connectivity index (χ1v) is 8.15. The summed E-state index contributed by atoms with van der Waals surface area (Å²) in [5.74, 6) is -0.474. The maximum absolute atomic E-state index is 12.5. The Morgan fingerprint density at radius 3 is 2.73 bits per heavy atom. The van der Waals surface area contributed by atoms with E-state index in [2.05, 4.69) is 10.0 Å². The normalized spacial score (nSPS) is 15.6. The lowest BCUT2D eigenvalue weighted by atomic mass is 9.84. The van der Waals surface area contributed by atoms with Gasteiger partial charge in [-0.05, 0) is 41.6 Å². The summed E-state index contributed by atoms with van der Waals surface area (Å²) in [6.07, 6.45) is 0.778. The first-order chi connectivity index (χ1) is 12.7. The summed E-state index contributed by atoms with van der Waals surface area (Å²) in [6.45, 7) is 0.291. The Morgan fingerprint density at radius 2 is 2.04 bits per heavy atom. The van der Waals surface area contributed by atoms with Gasteiger partial charge in [-0.2, -0.15) is 0 Å². The van der Waals surface area contributed by atoms with E-state index in [0.29, 0.717) is 36.3 Å². The smallest absolute Gasteiger partial charge is 0.341 e. The number of ketones is 1. The molecule has 2 aromatic carbocycles. The Balaban J connectivity index is 1.97. The summed E-state index contributed by atoms with van der Waals surface area (Å²) in [5, 5.41) is 3.54. The Kier molecular flexibility index (Phi) is 5.20. The lowest BCUT2D eigenvalue weighted by Crippen LogP contribution is -2.27. The van der Waals surface area contributed by atoms with Crippen LogP contribution in [0.2, 0.25) is 0 Å². The quantitative estimate of drug-likeness (QED) is 0.353. The van der Waals surface area contributed by atoms with Gasteiger partial charge in [0.1, 0.15) is 24.0 Å². The van der Waals surface area contributed by atoms with Crippen LogP contribution in [0.25, 0.3) is 10.4 Å². The van der Waals surface area contributed by atoms with Crippen LogP contribution in [0.5, 0.6) is 5.75 Å². The van der Waals surface area contributed by atoms with Crippen LogP contribution in [-0.2, 0) is 17.8 Å². The molecule has 1 aliphatic rings. The lowest BCUT2D eigenvalue weighted by Gasteiger charge is -2.23. The van der Waals surface area contributed by atoms with E-state index in [0.717, 1.165) is 5.56 Å². The minimum absolute atomic E-state index is 0.258. The van der Waals surface area contributed by atoms with Crippen molar-refractivity contribution in [3.63, 3.8) is 0 Å². The van der Waals surface area contributed by atoms with Crippen LogP contribution < -0.4 is 4.74 Å². The molecule has 0 radical (unpaired) electrons. The van der Waals surface area contributed by atoms with Gasteiger partial charge in [-0.3, -0.25) is 4.79 Å². The van der Waals surface area contributed by atoms with Crippen molar-refractivity contribution >= 4 is 11.8 Å². The van der Waals surface area contributed by atoms with Gasteiger partial charge in [0.15, 0.2) is 5.78 Å². The number of fused-ring (bicyclic) bond motifs is 1. The molecule has 0 bridgehead atoms. The molecule has 0 saturated heterocycles. The Hall–Kier alpha value is -3.31. The molecule has 0 heterocycles. The molecule has 0 aliphatic heterocycles. The number of ether oxygens (including phenoxy) is 2. The maximum atomic E-state index is 12.5. The number of nitrogens with zero attached hydrogens (tertiary/aromatic N) is 3. The number of Topliss-reactive ketones (excluding diaryl/α,β-unsaturated/α-hetero) is 1. The standard InChI is InChI=1S/C19H17N3O4/c1-25-19(24)17-13-7-9-15(21-22-20)18(23)14(13)8-10-16(17)26-11-12-5-3-2-4-6-12/h2-6,8,10,15H,7,9,11H2,1H3. The number of carbonyl (C=O) groups is 2. The lowest BCUT2D eigenvalue weighted by molar-refractivity contribution is 0.0594. The van der Waals surface area contributed by atoms with Gasteiger partial charge < -0.3 is 9.47 Å². The van der Waals surface area contributed by atoms with Crippen molar-refractivity contribution in [1.82, 2.24) is 0 Å². The number of esters is 1. The highest BCUT2D eigenvalue weighted by Crippen LogP contribution is 2.33. The number of hydrogen-bond acceptors (Lipinski definition) is 5. The van der Waals surface area contributed by atoms with Gasteiger partial charge in [0.05, 0.1) is 7.11 Å². The number of methoxy groups -OCH3 is 1. The second kappa shape index (κ2) is 7.72. The average Bonchev–Trinajstić information content (AvgIpc) is 2.68. The van der Waals surface area contributed by atoms with E-state index in [-0.39, 0.29) is 11.3 Å². The SMILES string of the molecule is COC(=O)c1c(OCc2ccccc2)ccc2c1CCC(N=[N+]=[N-])C2=O. The Labute approximate surface area is 150 Å². The van der Waals surface area contributed by atoms with Crippen molar-refractivity contribution < 1.29 is 19.1 Å². The molecular weight excluding hydrogens is 334 g/mol. The van der Waals surface area contributed by atoms with E-state index < -0.39 is 12.0 Å². The van der Waals surface area contributed by atoms with Crippen LogP contribution in [0, 0.1) is 0 Å². The molecule has 1 aliphatic carbocycles. The van der Waals surface area contributed by atoms with Gasteiger partial charge in [-0.1, -0.05) is 35.4 Å². The highest BCUT2D eigenvalue weighted by molar-refractivity contribution is 6.06. The molecule has 0 aromatic heterocycles. The van der Waals surface area contributed by atoms with Crippen LogP contribution >= 0.6 is 0 Å². The van der Waals surface area contributed by atoms with Crippen LogP contribution in [0.4, 0.5) is 0 Å². The number of azide groups is 1. The van der Waals surface area contributed by atoms with Crippen molar-refractivity contribution in [3.8, 4) is 5.75 Å². The maximum Gasteiger partial charge on any atom is 0.341 e. The molecule has 7 nitrogen and oxygen atoms in total. The van der Waals surface area contributed by atoms with E-state index in [4.69, 9.17) is 15.0 Å². The van der Waals surface area contributed by atoms with E-state index in [1.165, 1.54) is 7.11 Å². The zero-order chi connectivity index (χ0) is 18.5. The molecular formula is C19H17N3O4. The molecule has 26 heavy (non-hydrogen) atoms. The monoisotopic (exact) mass is 351 g/mol. The molecule has 3 rings (SSSR count). The van der Waals surface area contributed by atoms with Gasteiger partial charge in [-0.25, -0.2) is 4.79 Å². The second-order valence-corrected chi connectivity index (χ2v) is 5.85. The molecule has 0 saturated carbocycles. The van der Waals surface area contributed by atoms with Gasteiger partial charge >= 0.3 is 5.97 Å². The van der Waals surface area contributed by atoms with Crippen LogP contribution in [0.15, 0.2) is 47.6 Å². The van der Waals surface area contributed by atoms with Crippen molar-refractivity contribution in [2.45, 2.75) is 25.5 Å². The van der Waals surface area contributed by atoms with Crippen LogP contribution in [-0.4, -0.2) is 24.9 Å². The van der Waals surface area contributed by atoms with Crippen molar-refractivity contribution in [1.29, 1.82) is 0 Å². The Bertz CT molecular complexity index is 889. The fourth-order valence-electron chi connectivity index (χ4n) is 3.06. The molecule has 1 atom stereocenters.